The molecule has 1 fully saturated rings. The predicted molar refractivity (Wildman–Crippen MR) is 114 cm³/mol. The molecule has 1 aliphatic heterocycles. The van der Waals surface area contributed by atoms with Gasteiger partial charge < -0.3 is 26.0 Å². The number of hydrogen-bond acceptors (Lipinski definition) is 4. The fourth-order valence-electron chi connectivity index (χ4n) is 3.46. The van der Waals surface area contributed by atoms with Gasteiger partial charge in [0.05, 0.1) is 6.04 Å². The minimum absolute atomic E-state index is 0.145. The number of carbonyl (C=O) groups is 3. The second kappa shape index (κ2) is 10.0. The zero-order chi connectivity index (χ0) is 22.4. The maximum atomic E-state index is 12.9. The van der Waals surface area contributed by atoms with Gasteiger partial charge in [-0.1, -0.05) is 12.1 Å². The smallest absolute Gasteiger partial charge is 0.326 e. The molecular formula is C22H25FN4O4. The molecule has 1 saturated heterocycles. The van der Waals surface area contributed by atoms with Crippen LogP contribution in [0.4, 0.5) is 20.6 Å². The fourth-order valence-corrected chi connectivity index (χ4v) is 3.46. The molecule has 31 heavy (non-hydrogen) atoms. The topological polar surface area (TPSA) is 111 Å². The Morgan fingerprint density at radius 3 is 2.19 bits per heavy atom. The van der Waals surface area contributed by atoms with Crippen LogP contribution < -0.4 is 16.0 Å². The molecule has 2 aromatic rings. The van der Waals surface area contributed by atoms with Gasteiger partial charge in [-0.2, -0.15) is 0 Å². The van der Waals surface area contributed by atoms with Crippen LogP contribution in [0, 0.1) is 5.82 Å². The van der Waals surface area contributed by atoms with E-state index in [0.29, 0.717) is 17.8 Å². The Morgan fingerprint density at radius 2 is 1.68 bits per heavy atom. The molecule has 0 radical (unpaired) electrons. The summed E-state index contributed by atoms with van der Waals surface area (Å²) in [6, 6.07) is 10.3. The van der Waals surface area contributed by atoms with Crippen molar-refractivity contribution in [1.82, 2.24) is 10.2 Å². The minimum atomic E-state index is -1.07. The summed E-state index contributed by atoms with van der Waals surface area (Å²) < 4.78 is 12.9. The average molecular weight is 428 g/mol. The molecule has 0 bridgehead atoms. The largest absolute Gasteiger partial charge is 0.480 e. The monoisotopic (exact) mass is 428 g/mol. The van der Waals surface area contributed by atoms with E-state index in [1.54, 1.807) is 24.3 Å². The maximum absolute atomic E-state index is 12.9. The first-order chi connectivity index (χ1) is 14.8. The molecule has 1 heterocycles. The van der Waals surface area contributed by atoms with Crippen molar-refractivity contribution >= 4 is 29.3 Å². The van der Waals surface area contributed by atoms with Crippen LogP contribution in [0.5, 0.6) is 0 Å². The molecule has 3 amide bonds. The number of amides is 3. The van der Waals surface area contributed by atoms with Gasteiger partial charge in [0, 0.05) is 24.8 Å². The maximum Gasteiger partial charge on any atom is 0.326 e. The van der Waals surface area contributed by atoms with Crippen molar-refractivity contribution in [3.63, 3.8) is 0 Å². The molecule has 0 aliphatic carbocycles. The number of halogens is 1. The van der Waals surface area contributed by atoms with Crippen LogP contribution in [-0.4, -0.2) is 53.6 Å². The number of carboxylic acids is 1. The lowest BCUT2D eigenvalue weighted by Crippen LogP contribution is -2.50. The Hall–Kier alpha value is -3.46. The van der Waals surface area contributed by atoms with Crippen molar-refractivity contribution in [1.29, 1.82) is 0 Å². The van der Waals surface area contributed by atoms with Crippen LogP contribution in [0.15, 0.2) is 48.5 Å². The molecule has 0 saturated carbocycles. The fraction of sp³-hybridized carbons (Fsp3) is 0.318. The first-order valence-corrected chi connectivity index (χ1v) is 9.99. The zero-order valence-corrected chi connectivity index (χ0v) is 17.1. The number of nitrogens with zero attached hydrogens (tertiary/aromatic N) is 1. The van der Waals surface area contributed by atoms with Crippen LogP contribution in [0.1, 0.15) is 18.4 Å². The van der Waals surface area contributed by atoms with Crippen LogP contribution in [0.25, 0.3) is 0 Å². The van der Waals surface area contributed by atoms with Gasteiger partial charge in [-0.05, 0) is 61.3 Å². The molecule has 0 aromatic heterocycles. The van der Waals surface area contributed by atoms with Gasteiger partial charge in [0.15, 0.2) is 0 Å². The van der Waals surface area contributed by atoms with Crippen LogP contribution in [0.3, 0.4) is 0 Å². The van der Waals surface area contributed by atoms with Crippen molar-refractivity contribution in [2.75, 3.05) is 24.2 Å². The SMILES string of the molecule is CN(C(=O)[C@@H]1CCCN1)[C@@H](Cc1ccc(NC(=O)Nc2ccc(F)cc2)cc1)C(=O)O. The Bertz CT molecular complexity index is 928. The molecule has 2 aromatic carbocycles. The lowest BCUT2D eigenvalue weighted by atomic mass is 10.0. The molecule has 164 valence electrons. The standard InChI is InChI=1S/C22H25FN4O4/c1-27(20(28)18-3-2-12-24-18)19(21(29)30)13-14-4-8-16(9-5-14)25-22(31)26-17-10-6-15(23)7-11-17/h4-11,18-19,24H,2-3,12-13H2,1H3,(H,29,30)(H2,25,26,31)/t18-,19-/m0/s1. The number of carboxylic acid groups (broad SMARTS) is 1. The van der Waals surface area contributed by atoms with Crippen molar-refractivity contribution in [2.45, 2.75) is 31.3 Å². The molecule has 2 atom stereocenters. The number of urea groups is 1. The van der Waals surface area contributed by atoms with Crippen molar-refractivity contribution in [3.05, 3.63) is 59.9 Å². The van der Waals surface area contributed by atoms with E-state index in [1.165, 1.54) is 36.2 Å². The predicted octanol–water partition coefficient (Wildman–Crippen LogP) is 2.68. The summed E-state index contributed by atoms with van der Waals surface area (Å²) >= 11 is 0. The summed E-state index contributed by atoms with van der Waals surface area (Å²) in [4.78, 5) is 37.7. The molecule has 0 unspecified atom stereocenters. The number of benzene rings is 2. The van der Waals surface area contributed by atoms with Gasteiger partial charge in [-0.3, -0.25) is 4.79 Å². The number of rotatable bonds is 7. The summed E-state index contributed by atoms with van der Waals surface area (Å²) in [5.74, 6) is -1.69. The first kappa shape index (κ1) is 22.2. The quantitative estimate of drug-likeness (QED) is 0.542. The molecule has 9 heteroatoms. The number of nitrogens with one attached hydrogen (secondary N) is 3. The normalized spacial score (nSPS) is 16.4. The third kappa shape index (κ3) is 6.02. The highest BCUT2D eigenvalue weighted by Crippen LogP contribution is 2.16. The number of aliphatic carboxylic acids is 1. The third-order valence-electron chi connectivity index (χ3n) is 5.20. The molecule has 4 N–H and O–H groups in total. The van der Waals surface area contributed by atoms with E-state index < -0.39 is 23.9 Å². The summed E-state index contributed by atoms with van der Waals surface area (Å²) in [5.41, 5.74) is 1.68. The van der Waals surface area contributed by atoms with Gasteiger partial charge in [-0.25, -0.2) is 14.0 Å². The lowest BCUT2D eigenvalue weighted by molar-refractivity contribution is -0.149. The van der Waals surface area contributed by atoms with Gasteiger partial charge in [0.25, 0.3) is 0 Å². The van der Waals surface area contributed by atoms with Crippen molar-refractivity contribution in [2.24, 2.45) is 0 Å². The van der Waals surface area contributed by atoms with E-state index >= 15 is 0 Å². The van der Waals surface area contributed by atoms with Crippen LogP contribution in [-0.2, 0) is 16.0 Å². The summed E-state index contributed by atoms with van der Waals surface area (Å²) in [6.45, 7) is 0.755. The molecule has 3 rings (SSSR count). The molecule has 8 nitrogen and oxygen atoms in total. The van der Waals surface area contributed by atoms with Gasteiger partial charge in [-0.15, -0.1) is 0 Å². The Kier molecular flexibility index (Phi) is 7.19. The van der Waals surface area contributed by atoms with E-state index in [-0.39, 0.29) is 18.4 Å². The number of hydrogen-bond donors (Lipinski definition) is 4. The van der Waals surface area contributed by atoms with Crippen LogP contribution in [0.2, 0.25) is 0 Å². The van der Waals surface area contributed by atoms with E-state index in [0.717, 1.165) is 18.5 Å². The molecular weight excluding hydrogens is 403 g/mol. The zero-order valence-electron chi connectivity index (χ0n) is 17.1. The highest BCUT2D eigenvalue weighted by Gasteiger charge is 2.32. The number of likely N-dealkylation sites (N-methyl/N-ethyl adjacent to an activating group) is 1. The van der Waals surface area contributed by atoms with Crippen molar-refractivity contribution < 1.29 is 23.9 Å². The third-order valence-corrected chi connectivity index (χ3v) is 5.20. The van der Waals surface area contributed by atoms with Crippen LogP contribution >= 0.6 is 0 Å². The van der Waals surface area contributed by atoms with E-state index in [4.69, 9.17) is 0 Å². The van der Waals surface area contributed by atoms with E-state index in [9.17, 15) is 23.9 Å². The highest BCUT2D eigenvalue weighted by atomic mass is 19.1. The Morgan fingerprint density at radius 1 is 1.10 bits per heavy atom. The Balaban J connectivity index is 1.58. The van der Waals surface area contributed by atoms with E-state index in [2.05, 4.69) is 16.0 Å². The minimum Gasteiger partial charge on any atom is -0.480 e. The summed E-state index contributed by atoms with van der Waals surface area (Å²) in [5, 5.41) is 18.0. The number of anilines is 2. The second-order valence-electron chi connectivity index (χ2n) is 7.44. The second-order valence-corrected chi connectivity index (χ2v) is 7.44. The van der Waals surface area contributed by atoms with Gasteiger partial charge in [0.1, 0.15) is 11.9 Å². The molecule has 0 spiro atoms. The first-order valence-electron chi connectivity index (χ1n) is 9.99. The van der Waals surface area contributed by atoms with Crippen molar-refractivity contribution in [3.8, 4) is 0 Å². The summed E-state index contributed by atoms with van der Waals surface area (Å²) in [7, 11) is 1.51. The molecule has 1 aliphatic rings. The Labute approximate surface area is 179 Å². The number of carbonyl (C=O) groups excluding carboxylic acids is 2. The summed E-state index contributed by atoms with van der Waals surface area (Å²) in [6.07, 6.45) is 1.74. The lowest BCUT2D eigenvalue weighted by Gasteiger charge is -2.27. The van der Waals surface area contributed by atoms with E-state index in [1.807, 2.05) is 0 Å². The van der Waals surface area contributed by atoms with Gasteiger partial charge >= 0.3 is 12.0 Å². The van der Waals surface area contributed by atoms with Gasteiger partial charge in [0.2, 0.25) is 5.91 Å². The average Bonchev–Trinajstić information content (AvgIpc) is 3.28. The highest BCUT2D eigenvalue weighted by molar-refractivity contribution is 5.99.